The van der Waals surface area contributed by atoms with Crippen molar-refractivity contribution in [1.82, 2.24) is 20.0 Å². The molecule has 0 amide bonds. The Labute approximate surface area is 164 Å². The number of aromatic nitrogens is 2. The molecule has 0 saturated carbocycles. The molecule has 0 aliphatic heterocycles. The third kappa shape index (κ3) is 8.86. The van der Waals surface area contributed by atoms with Crippen molar-refractivity contribution in [3.63, 3.8) is 0 Å². The Balaban J connectivity index is 0.00000529. The summed E-state index contributed by atoms with van der Waals surface area (Å²) in [4.78, 5) is 6.66. The monoisotopic (exact) mass is 450 g/mol. The molecule has 0 aromatic carbocycles. The van der Waals surface area contributed by atoms with Crippen molar-refractivity contribution >= 4 is 29.9 Å². The quantitative estimate of drug-likeness (QED) is 0.345. The Morgan fingerprint density at radius 3 is 2.50 bits per heavy atom. The van der Waals surface area contributed by atoms with E-state index in [1.165, 1.54) is 12.8 Å². The third-order valence-corrected chi connectivity index (χ3v) is 3.98. The molecule has 0 saturated heterocycles. The summed E-state index contributed by atoms with van der Waals surface area (Å²) in [5, 5.41) is 7.53. The third-order valence-electron chi connectivity index (χ3n) is 3.98. The van der Waals surface area contributed by atoms with Crippen molar-refractivity contribution in [2.75, 3.05) is 20.6 Å². The SMILES string of the molecule is CC(C)CCCC(C)NC(N)=NCC(c1cnn(C)c1)N(C)C.I. The fourth-order valence-corrected chi connectivity index (χ4v) is 2.57. The molecule has 0 aliphatic carbocycles. The molecule has 1 aromatic rings. The van der Waals surface area contributed by atoms with E-state index in [0.717, 1.165) is 17.9 Å². The first-order valence-electron chi connectivity index (χ1n) is 8.51. The van der Waals surface area contributed by atoms with E-state index in [1.807, 2.05) is 38.2 Å². The number of hydrogen-bond acceptors (Lipinski definition) is 3. The number of aryl methyl sites for hydroxylation is 1. The number of halogens is 1. The Bertz CT molecular complexity index is 483. The number of rotatable bonds is 9. The minimum absolute atomic E-state index is 0. The number of nitrogens with zero attached hydrogens (tertiary/aromatic N) is 4. The van der Waals surface area contributed by atoms with Crippen LogP contribution in [0.4, 0.5) is 0 Å². The van der Waals surface area contributed by atoms with Crippen molar-refractivity contribution in [3.05, 3.63) is 18.0 Å². The summed E-state index contributed by atoms with van der Waals surface area (Å²) < 4.78 is 1.81. The van der Waals surface area contributed by atoms with E-state index in [-0.39, 0.29) is 30.0 Å². The van der Waals surface area contributed by atoms with Crippen molar-refractivity contribution < 1.29 is 0 Å². The van der Waals surface area contributed by atoms with Crippen molar-refractivity contribution in [1.29, 1.82) is 0 Å². The van der Waals surface area contributed by atoms with Gasteiger partial charge in [-0.05, 0) is 33.4 Å². The van der Waals surface area contributed by atoms with Crippen LogP contribution in [0.1, 0.15) is 51.6 Å². The van der Waals surface area contributed by atoms with E-state index < -0.39 is 0 Å². The van der Waals surface area contributed by atoms with Crippen LogP contribution in [0.3, 0.4) is 0 Å². The molecule has 1 aromatic heterocycles. The van der Waals surface area contributed by atoms with Crippen LogP contribution >= 0.6 is 24.0 Å². The molecule has 140 valence electrons. The second-order valence-corrected chi connectivity index (χ2v) is 7.02. The first kappa shape index (κ1) is 23.2. The van der Waals surface area contributed by atoms with Crippen molar-refractivity contribution in [2.24, 2.45) is 23.7 Å². The highest BCUT2D eigenvalue weighted by molar-refractivity contribution is 14.0. The van der Waals surface area contributed by atoms with Gasteiger partial charge in [0.15, 0.2) is 5.96 Å². The Kier molecular flexibility index (Phi) is 11.3. The van der Waals surface area contributed by atoms with Crippen LogP contribution in [-0.2, 0) is 7.05 Å². The zero-order valence-electron chi connectivity index (χ0n) is 16.0. The van der Waals surface area contributed by atoms with Crippen LogP contribution < -0.4 is 11.1 Å². The van der Waals surface area contributed by atoms with Gasteiger partial charge < -0.3 is 16.0 Å². The molecule has 1 rings (SSSR count). The standard InChI is InChI=1S/C17H34N6.HI/c1-13(2)8-7-9-14(3)21-17(18)19-11-16(22(4)5)15-10-20-23(6)12-15;/h10,12-14,16H,7-9,11H2,1-6H3,(H3,18,19,21);1H. The van der Waals surface area contributed by atoms with E-state index in [1.54, 1.807) is 0 Å². The first-order chi connectivity index (χ1) is 10.8. The number of hydrogen-bond donors (Lipinski definition) is 2. The molecule has 0 fully saturated rings. The zero-order valence-corrected chi connectivity index (χ0v) is 18.3. The molecule has 6 nitrogen and oxygen atoms in total. The zero-order chi connectivity index (χ0) is 17.4. The van der Waals surface area contributed by atoms with Crippen LogP contribution in [-0.4, -0.2) is 47.3 Å². The van der Waals surface area contributed by atoms with Crippen molar-refractivity contribution in [2.45, 2.75) is 52.1 Å². The highest BCUT2D eigenvalue weighted by Gasteiger charge is 2.15. The van der Waals surface area contributed by atoms with Gasteiger partial charge in [-0.3, -0.25) is 9.67 Å². The van der Waals surface area contributed by atoms with Crippen LogP contribution in [0.25, 0.3) is 0 Å². The Morgan fingerprint density at radius 1 is 1.33 bits per heavy atom. The average molecular weight is 450 g/mol. The number of guanidine groups is 1. The summed E-state index contributed by atoms with van der Waals surface area (Å²) in [5.41, 5.74) is 7.19. The smallest absolute Gasteiger partial charge is 0.188 e. The molecule has 0 aliphatic rings. The van der Waals surface area contributed by atoms with Gasteiger partial charge in [0.05, 0.1) is 18.8 Å². The lowest BCUT2D eigenvalue weighted by atomic mass is 10.0. The lowest BCUT2D eigenvalue weighted by Crippen LogP contribution is -2.39. The number of likely N-dealkylation sites (N-methyl/N-ethyl adjacent to an activating group) is 1. The van der Waals surface area contributed by atoms with Gasteiger partial charge in [0.1, 0.15) is 0 Å². The van der Waals surface area contributed by atoms with Gasteiger partial charge in [0, 0.05) is 24.8 Å². The summed E-state index contributed by atoms with van der Waals surface area (Å²) in [6.45, 7) is 7.30. The van der Waals surface area contributed by atoms with Gasteiger partial charge >= 0.3 is 0 Å². The summed E-state index contributed by atoms with van der Waals surface area (Å²) in [7, 11) is 6.02. The molecule has 0 bridgehead atoms. The molecule has 24 heavy (non-hydrogen) atoms. The molecule has 2 unspecified atom stereocenters. The number of nitrogens with two attached hydrogens (primary N) is 1. The normalized spacial score (nSPS) is 14.6. The fourth-order valence-electron chi connectivity index (χ4n) is 2.57. The molecular formula is C17H35IN6. The first-order valence-corrected chi connectivity index (χ1v) is 8.51. The maximum absolute atomic E-state index is 6.04. The van der Waals surface area contributed by atoms with Gasteiger partial charge in [-0.25, -0.2) is 0 Å². The topological polar surface area (TPSA) is 71.5 Å². The van der Waals surface area contributed by atoms with Crippen LogP contribution in [0, 0.1) is 5.92 Å². The molecule has 1 heterocycles. The van der Waals surface area contributed by atoms with E-state index in [4.69, 9.17) is 5.73 Å². The predicted molar refractivity (Wildman–Crippen MR) is 113 cm³/mol. The molecule has 2 atom stereocenters. The van der Waals surface area contributed by atoms with Crippen LogP contribution in [0.5, 0.6) is 0 Å². The van der Waals surface area contributed by atoms with Crippen molar-refractivity contribution in [3.8, 4) is 0 Å². The minimum Gasteiger partial charge on any atom is -0.370 e. The lowest BCUT2D eigenvalue weighted by Gasteiger charge is -2.22. The molecule has 0 spiro atoms. The van der Waals surface area contributed by atoms with Crippen LogP contribution in [0.15, 0.2) is 17.4 Å². The number of aliphatic imine (C=N–C) groups is 1. The van der Waals surface area contributed by atoms with Crippen LogP contribution in [0.2, 0.25) is 0 Å². The summed E-state index contributed by atoms with van der Waals surface area (Å²) >= 11 is 0. The highest BCUT2D eigenvalue weighted by atomic mass is 127. The predicted octanol–water partition coefficient (Wildman–Crippen LogP) is 2.76. The van der Waals surface area contributed by atoms with Gasteiger partial charge in [0.25, 0.3) is 0 Å². The lowest BCUT2D eigenvalue weighted by molar-refractivity contribution is 0.306. The van der Waals surface area contributed by atoms with Gasteiger partial charge in [-0.15, -0.1) is 24.0 Å². The summed E-state index contributed by atoms with van der Waals surface area (Å²) in [5.74, 6) is 1.28. The fraction of sp³-hybridized carbons (Fsp3) is 0.765. The highest BCUT2D eigenvalue weighted by Crippen LogP contribution is 2.17. The minimum atomic E-state index is 0. The summed E-state index contributed by atoms with van der Waals surface area (Å²) in [6, 6.07) is 0.536. The van der Waals surface area contributed by atoms with Gasteiger partial charge in [0.2, 0.25) is 0 Å². The Morgan fingerprint density at radius 2 is 2.00 bits per heavy atom. The van der Waals surface area contributed by atoms with Gasteiger partial charge in [-0.1, -0.05) is 26.7 Å². The molecule has 7 heteroatoms. The average Bonchev–Trinajstić information content (AvgIpc) is 2.84. The van der Waals surface area contributed by atoms with E-state index >= 15 is 0 Å². The Hall–Kier alpha value is -0.830. The number of nitrogens with one attached hydrogen (secondary N) is 1. The van der Waals surface area contributed by atoms with E-state index in [2.05, 4.69) is 41.1 Å². The summed E-state index contributed by atoms with van der Waals surface area (Å²) in [6.07, 6.45) is 7.51. The maximum Gasteiger partial charge on any atom is 0.188 e. The second kappa shape index (κ2) is 11.7. The largest absolute Gasteiger partial charge is 0.370 e. The maximum atomic E-state index is 6.04. The van der Waals surface area contributed by atoms with Gasteiger partial charge in [-0.2, -0.15) is 5.10 Å². The molecule has 3 N–H and O–H groups in total. The second-order valence-electron chi connectivity index (χ2n) is 7.02. The van der Waals surface area contributed by atoms with E-state index in [0.29, 0.717) is 18.5 Å². The molecular weight excluding hydrogens is 415 g/mol. The molecule has 0 radical (unpaired) electrons. The van der Waals surface area contributed by atoms with E-state index in [9.17, 15) is 0 Å².